The lowest BCUT2D eigenvalue weighted by Gasteiger charge is -2.63. The van der Waals surface area contributed by atoms with Crippen molar-refractivity contribution in [3.05, 3.63) is 151 Å². The highest BCUT2D eigenvalue weighted by molar-refractivity contribution is 7.91. The van der Waals surface area contributed by atoms with E-state index in [1.807, 2.05) is 78.9 Å². The average molecular weight is 748 g/mol. The molecule has 1 spiro atoms. The Morgan fingerprint density at radius 3 is 1.77 bits per heavy atom. The third-order valence-corrected chi connectivity index (χ3v) is 15.4. The van der Waals surface area contributed by atoms with Crippen LogP contribution < -0.4 is 0 Å². The highest BCUT2D eigenvalue weighted by atomic mass is 32.2. The van der Waals surface area contributed by atoms with Crippen LogP contribution in [0.5, 0.6) is 0 Å². The van der Waals surface area contributed by atoms with Gasteiger partial charge in [0.2, 0.25) is 9.84 Å². The van der Waals surface area contributed by atoms with Gasteiger partial charge in [0.25, 0.3) is 0 Å². The van der Waals surface area contributed by atoms with E-state index in [2.05, 4.69) is 60.7 Å². The van der Waals surface area contributed by atoms with Crippen molar-refractivity contribution in [2.75, 3.05) is 0 Å². The van der Waals surface area contributed by atoms with Crippen LogP contribution in [-0.2, 0) is 15.3 Å². The molecule has 0 radical (unpaired) electrons. The van der Waals surface area contributed by atoms with Crippen LogP contribution in [0.4, 0.5) is 0 Å². The second-order valence-electron chi connectivity index (χ2n) is 16.4. The van der Waals surface area contributed by atoms with Crippen molar-refractivity contribution in [2.24, 2.45) is 23.7 Å². The maximum absolute atomic E-state index is 14.4. The molecule has 4 aliphatic carbocycles. The number of fused-ring (bicyclic) bond motifs is 5. The molecule has 3 heterocycles. The van der Waals surface area contributed by atoms with Gasteiger partial charge in [0.1, 0.15) is 11.2 Å². The standard InChI is InChI=1S/C49H37N3O3S/c53-56(54)44-13-7-5-11-40(44)49(36-23-29-22-30(25-36)26-37(49)24-29)41-27-35(19-21-45(41)56)48-51-46(32-8-2-1-3-9-32)50-47(52-48)33-16-14-31(15-17-33)34-18-20-39-38-10-4-6-12-42(38)55-43(39)28-34/h1-21,27-30,36-37H,22-26H2. The van der Waals surface area contributed by atoms with Gasteiger partial charge >= 0.3 is 0 Å². The Labute approximate surface area is 325 Å². The van der Waals surface area contributed by atoms with E-state index in [-0.39, 0.29) is 5.41 Å². The second-order valence-corrected chi connectivity index (χ2v) is 18.3. The quantitative estimate of drug-likeness (QED) is 0.178. The predicted octanol–water partition coefficient (Wildman–Crippen LogP) is 11.3. The third-order valence-electron chi connectivity index (χ3n) is 13.5. The molecule has 0 unspecified atom stereocenters. The Balaban J connectivity index is 0.994. The number of hydrogen-bond donors (Lipinski definition) is 0. The molecule has 6 aromatic carbocycles. The summed E-state index contributed by atoms with van der Waals surface area (Å²) in [5.74, 6) is 3.96. The number of sulfone groups is 1. The van der Waals surface area contributed by atoms with Gasteiger partial charge in [-0.2, -0.15) is 0 Å². The molecule has 0 saturated heterocycles. The van der Waals surface area contributed by atoms with Crippen LogP contribution in [0, 0.1) is 23.7 Å². The lowest BCUT2D eigenvalue weighted by Crippen LogP contribution is -2.57. The van der Waals surface area contributed by atoms with Gasteiger partial charge in [-0.05, 0) is 120 Å². The molecule has 1 aliphatic heterocycles. The Morgan fingerprint density at radius 1 is 0.464 bits per heavy atom. The Morgan fingerprint density at radius 2 is 1.02 bits per heavy atom. The summed E-state index contributed by atoms with van der Waals surface area (Å²) in [5, 5.41) is 2.22. The minimum atomic E-state index is -3.72. The molecule has 13 rings (SSSR count). The molecule has 4 fully saturated rings. The third kappa shape index (κ3) is 4.61. The van der Waals surface area contributed by atoms with Crippen LogP contribution in [-0.4, -0.2) is 23.4 Å². The van der Waals surface area contributed by atoms with Gasteiger partial charge < -0.3 is 4.42 Å². The Hall–Kier alpha value is -5.92. The minimum Gasteiger partial charge on any atom is -0.456 e. The van der Waals surface area contributed by atoms with Gasteiger partial charge in [0.15, 0.2) is 17.5 Å². The van der Waals surface area contributed by atoms with Crippen molar-refractivity contribution in [3.8, 4) is 45.3 Å². The van der Waals surface area contributed by atoms with E-state index in [0.717, 1.165) is 98.4 Å². The maximum atomic E-state index is 14.4. The molecular weight excluding hydrogens is 711 g/mol. The molecule has 4 saturated carbocycles. The highest BCUT2D eigenvalue weighted by Crippen LogP contribution is 2.68. The number of para-hydroxylation sites is 1. The maximum Gasteiger partial charge on any atom is 0.207 e. The number of rotatable bonds is 4. The first-order valence-corrected chi connectivity index (χ1v) is 21.2. The summed E-state index contributed by atoms with van der Waals surface area (Å²) in [7, 11) is -3.72. The summed E-state index contributed by atoms with van der Waals surface area (Å²) < 4.78 is 35.0. The molecule has 4 bridgehead atoms. The Kier molecular flexibility index (Phi) is 6.81. The summed E-state index contributed by atoms with van der Waals surface area (Å²) in [6, 6.07) is 46.5. The lowest BCUT2D eigenvalue weighted by molar-refractivity contribution is -0.0446. The predicted molar refractivity (Wildman–Crippen MR) is 219 cm³/mol. The zero-order valence-corrected chi connectivity index (χ0v) is 31.4. The van der Waals surface area contributed by atoms with Gasteiger partial charge in [0, 0.05) is 32.9 Å². The molecular formula is C49H37N3O3S. The monoisotopic (exact) mass is 747 g/mol. The topological polar surface area (TPSA) is 86.0 Å². The van der Waals surface area contributed by atoms with E-state index in [1.54, 1.807) is 0 Å². The molecule has 272 valence electrons. The molecule has 7 heteroatoms. The molecule has 0 N–H and O–H groups in total. The molecule has 56 heavy (non-hydrogen) atoms. The number of benzene rings is 6. The van der Waals surface area contributed by atoms with Crippen LogP contribution in [0.1, 0.15) is 43.2 Å². The summed E-state index contributed by atoms with van der Waals surface area (Å²) in [5.41, 5.74) is 8.03. The van der Waals surface area contributed by atoms with E-state index in [9.17, 15) is 8.42 Å². The van der Waals surface area contributed by atoms with Crippen molar-refractivity contribution >= 4 is 31.8 Å². The number of nitrogens with zero attached hydrogens (tertiary/aromatic N) is 3. The van der Waals surface area contributed by atoms with Crippen molar-refractivity contribution in [1.82, 2.24) is 15.0 Å². The van der Waals surface area contributed by atoms with Crippen LogP contribution in [0.2, 0.25) is 0 Å². The van der Waals surface area contributed by atoms with Gasteiger partial charge in [-0.3, -0.25) is 0 Å². The fraction of sp³-hybridized carbons (Fsp3) is 0.204. The van der Waals surface area contributed by atoms with E-state index < -0.39 is 9.84 Å². The molecule has 6 nitrogen and oxygen atoms in total. The first kappa shape index (κ1) is 32.3. The SMILES string of the molecule is O=S1(=O)c2ccccc2C2(c3cc(-c4nc(-c5ccccc5)nc(-c5ccc(-c6ccc7c(c6)oc6ccccc67)cc5)n4)ccc31)C1CC3CC(C1)CC2C3. The van der Waals surface area contributed by atoms with Gasteiger partial charge in [0.05, 0.1) is 9.79 Å². The first-order chi connectivity index (χ1) is 27.4. The van der Waals surface area contributed by atoms with Gasteiger partial charge in [-0.1, -0.05) is 97.1 Å². The smallest absolute Gasteiger partial charge is 0.207 e. The summed E-state index contributed by atoms with van der Waals surface area (Å²) in [6.07, 6.45) is 5.94. The normalized spacial score (nSPS) is 24.1. The summed E-state index contributed by atoms with van der Waals surface area (Å²) in [6.45, 7) is 0. The van der Waals surface area contributed by atoms with Crippen LogP contribution in [0.15, 0.2) is 154 Å². The number of furan rings is 1. The molecule has 5 aliphatic rings. The molecule has 2 aromatic heterocycles. The van der Waals surface area contributed by atoms with Crippen molar-refractivity contribution in [3.63, 3.8) is 0 Å². The molecule has 0 atom stereocenters. The molecule has 8 aromatic rings. The van der Waals surface area contributed by atoms with Crippen LogP contribution in [0.3, 0.4) is 0 Å². The zero-order chi connectivity index (χ0) is 37.2. The van der Waals surface area contributed by atoms with E-state index >= 15 is 0 Å². The Bertz CT molecular complexity index is 2980. The number of hydrogen-bond acceptors (Lipinski definition) is 6. The minimum absolute atomic E-state index is 0.347. The second kappa shape index (κ2) is 11.8. The van der Waals surface area contributed by atoms with Gasteiger partial charge in [-0.25, -0.2) is 23.4 Å². The lowest BCUT2D eigenvalue weighted by atomic mass is 9.42. The summed E-state index contributed by atoms with van der Waals surface area (Å²) >= 11 is 0. The first-order valence-electron chi connectivity index (χ1n) is 19.8. The zero-order valence-electron chi connectivity index (χ0n) is 30.6. The average Bonchev–Trinajstić information content (AvgIpc) is 3.61. The van der Waals surface area contributed by atoms with Gasteiger partial charge in [-0.15, -0.1) is 0 Å². The van der Waals surface area contributed by atoms with E-state index in [0.29, 0.717) is 39.1 Å². The summed E-state index contributed by atoms with van der Waals surface area (Å²) in [4.78, 5) is 16.2. The largest absolute Gasteiger partial charge is 0.456 e. The van der Waals surface area contributed by atoms with E-state index in [4.69, 9.17) is 19.4 Å². The fourth-order valence-electron chi connectivity index (χ4n) is 11.4. The van der Waals surface area contributed by atoms with Crippen molar-refractivity contribution in [2.45, 2.75) is 47.3 Å². The van der Waals surface area contributed by atoms with Crippen molar-refractivity contribution < 1.29 is 12.8 Å². The van der Waals surface area contributed by atoms with Crippen LogP contribution >= 0.6 is 0 Å². The van der Waals surface area contributed by atoms with Crippen molar-refractivity contribution in [1.29, 1.82) is 0 Å². The fourth-order valence-corrected chi connectivity index (χ4v) is 13.2. The van der Waals surface area contributed by atoms with Crippen LogP contribution in [0.25, 0.3) is 67.2 Å². The number of aromatic nitrogens is 3. The highest BCUT2D eigenvalue weighted by Gasteiger charge is 2.62. The van der Waals surface area contributed by atoms with E-state index in [1.165, 1.54) is 6.42 Å². The molecule has 0 amide bonds.